The van der Waals surface area contributed by atoms with Crippen LogP contribution >= 0.6 is 0 Å². The molecule has 0 saturated heterocycles. The molecule has 0 atom stereocenters. The number of para-hydroxylation sites is 2. The molecule has 4 rings (SSSR count). The number of carboxylic acids is 2. The third-order valence-corrected chi connectivity index (χ3v) is 4.55. The predicted octanol–water partition coefficient (Wildman–Crippen LogP) is 3.92. The first-order valence-electron chi connectivity index (χ1n) is 9.25. The number of nitrogens with one attached hydrogen (secondary N) is 2. The molecule has 0 unspecified atom stereocenters. The molecule has 32 heavy (non-hydrogen) atoms. The van der Waals surface area contributed by atoms with Crippen molar-refractivity contribution < 1.29 is 30.0 Å². The molecule has 1 heterocycles. The summed E-state index contributed by atoms with van der Waals surface area (Å²) in [6, 6.07) is 15.0. The van der Waals surface area contributed by atoms with E-state index >= 15 is 0 Å². The van der Waals surface area contributed by atoms with E-state index in [9.17, 15) is 30.0 Å². The second kappa shape index (κ2) is 8.11. The SMILES string of the molecule is O=C(O)c1cc(Nc2nc3ccccc3nc2Nc2ccc(O)c(C(=O)O)c2)ccc1O. The van der Waals surface area contributed by atoms with Crippen LogP contribution in [0, 0.1) is 0 Å². The minimum atomic E-state index is -1.29. The maximum Gasteiger partial charge on any atom is 0.339 e. The number of carbonyl (C=O) groups is 2. The van der Waals surface area contributed by atoms with Gasteiger partial charge in [-0.25, -0.2) is 19.6 Å². The summed E-state index contributed by atoms with van der Waals surface area (Å²) in [5.74, 6) is -2.88. The number of anilines is 4. The van der Waals surface area contributed by atoms with Gasteiger partial charge in [-0.15, -0.1) is 0 Å². The molecular weight excluding hydrogens is 416 g/mol. The van der Waals surface area contributed by atoms with E-state index in [1.165, 1.54) is 36.4 Å². The average molecular weight is 432 g/mol. The average Bonchev–Trinajstić information content (AvgIpc) is 2.76. The third-order valence-electron chi connectivity index (χ3n) is 4.55. The number of aromatic hydroxyl groups is 2. The number of hydrogen-bond donors (Lipinski definition) is 6. The van der Waals surface area contributed by atoms with E-state index in [1.807, 2.05) is 0 Å². The molecule has 0 radical (unpaired) electrons. The Morgan fingerprint density at radius 2 is 1.06 bits per heavy atom. The fourth-order valence-electron chi connectivity index (χ4n) is 3.02. The molecular formula is C22H16N4O6. The van der Waals surface area contributed by atoms with Gasteiger partial charge in [-0.1, -0.05) is 12.1 Å². The number of aromatic carboxylic acids is 2. The molecule has 0 bridgehead atoms. The van der Waals surface area contributed by atoms with Crippen molar-refractivity contribution in [3.63, 3.8) is 0 Å². The maximum atomic E-state index is 11.3. The molecule has 10 nitrogen and oxygen atoms in total. The Bertz CT molecular complexity index is 1270. The lowest BCUT2D eigenvalue weighted by atomic mass is 10.1. The second-order valence-corrected chi connectivity index (χ2v) is 6.73. The summed E-state index contributed by atoms with van der Waals surface area (Å²) < 4.78 is 0. The van der Waals surface area contributed by atoms with Crippen LogP contribution in [0.1, 0.15) is 20.7 Å². The van der Waals surface area contributed by atoms with Crippen molar-refractivity contribution >= 4 is 46.0 Å². The number of rotatable bonds is 6. The summed E-state index contributed by atoms with van der Waals surface area (Å²) in [6.07, 6.45) is 0. The van der Waals surface area contributed by atoms with Crippen LogP contribution in [0.25, 0.3) is 11.0 Å². The summed E-state index contributed by atoms with van der Waals surface area (Å²) >= 11 is 0. The molecule has 0 spiro atoms. The van der Waals surface area contributed by atoms with Crippen molar-refractivity contribution in [2.75, 3.05) is 10.6 Å². The van der Waals surface area contributed by atoms with Crippen LogP contribution in [0.4, 0.5) is 23.0 Å². The molecule has 1 aromatic heterocycles. The minimum Gasteiger partial charge on any atom is -0.507 e. The van der Waals surface area contributed by atoms with Crippen molar-refractivity contribution in [2.45, 2.75) is 0 Å². The normalized spacial score (nSPS) is 10.6. The van der Waals surface area contributed by atoms with Crippen molar-refractivity contribution in [1.82, 2.24) is 9.97 Å². The smallest absolute Gasteiger partial charge is 0.339 e. The van der Waals surface area contributed by atoms with Gasteiger partial charge >= 0.3 is 11.9 Å². The van der Waals surface area contributed by atoms with E-state index in [0.717, 1.165) is 0 Å². The first-order valence-corrected chi connectivity index (χ1v) is 9.25. The summed E-state index contributed by atoms with van der Waals surface area (Å²) in [7, 11) is 0. The molecule has 4 aromatic rings. The number of aromatic nitrogens is 2. The lowest BCUT2D eigenvalue weighted by Gasteiger charge is -2.14. The van der Waals surface area contributed by atoms with Crippen LogP contribution in [-0.4, -0.2) is 42.3 Å². The molecule has 0 aliphatic heterocycles. The highest BCUT2D eigenvalue weighted by Gasteiger charge is 2.15. The number of phenols is 2. The Hall–Kier alpha value is -4.86. The van der Waals surface area contributed by atoms with Gasteiger partial charge < -0.3 is 31.1 Å². The number of nitrogens with zero attached hydrogens (tertiary/aromatic N) is 2. The molecule has 6 N–H and O–H groups in total. The zero-order chi connectivity index (χ0) is 22.8. The highest BCUT2D eigenvalue weighted by Crippen LogP contribution is 2.31. The van der Waals surface area contributed by atoms with Gasteiger partial charge in [0.1, 0.15) is 22.6 Å². The molecule has 0 saturated carbocycles. The molecule has 0 aliphatic carbocycles. The van der Waals surface area contributed by atoms with E-state index in [-0.39, 0.29) is 34.3 Å². The van der Waals surface area contributed by atoms with Crippen LogP contribution in [0.3, 0.4) is 0 Å². The Labute approximate surface area is 180 Å². The summed E-state index contributed by atoms with van der Waals surface area (Å²) in [6.45, 7) is 0. The van der Waals surface area contributed by atoms with Gasteiger partial charge in [0.05, 0.1) is 11.0 Å². The first-order chi connectivity index (χ1) is 15.3. The van der Waals surface area contributed by atoms with Gasteiger partial charge in [0.25, 0.3) is 0 Å². The summed E-state index contributed by atoms with van der Waals surface area (Å²) in [4.78, 5) is 31.7. The lowest BCUT2D eigenvalue weighted by molar-refractivity contribution is 0.0682. The van der Waals surface area contributed by atoms with Gasteiger partial charge in [0, 0.05) is 11.4 Å². The third kappa shape index (κ3) is 4.05. The van der Waals surface area contributed by atoms with E-state index in [1.54, 1.807) is 24.3 Å². The molecule has 0 fully saturated rings. The number of hydrogen-bond acceptors (Lipinski definition) is 8. The van der Waals surface area contributed by atoms with E-state index < -0.39 is 11.9 Å². The highest BCUT2D eigenvalue weighted by molar-refractivity contribution is 5.94. The molecule has 0 aliphatic rings. The Morgan fingerprint density at radius 1 is 0.656 bits per heavy atom. The van der Waals surface area contributed by atoms with Gasteiger partial charge in [0.2, 0.25) is 0 Å². The van der Waals surface area contributed by atoms with Crippen LogP contribution < -0.4 is 10.6 Å². The fraction of sp³-hybridized carbons (Fsp3) is 0. The number of carboxylic acid groups (broad SMARTS) is 2. The Morgan fingerprint density at radius 3 is 1.44 bits per heavy atom. The molecule has 0 amide bonds. The van der Waals surface area contributed by atoms with Gasteiger partial charge in [-0.3, -0.25) is 0 Å². The van der Waals surface area contributed by atoms with Crippen LogP contribution in [0.15, 0.2) is 60.7 Å². The van der Waals surface area contributed by atoms with Crippen molar-refractivity contribution in [1.29, 1.82) is 0 Å². The minimum absolute atomic E-state index is 0.232. The Kier molecular flexibility index (Phi) is 5.17. The first kappa shape index (κ1) is 20.4. The van der Waals surface area contributed by atoms with Crippen molar-refractivity contribution in [2.24, 2.45) is 0 Å². The monoisotopic (exact) mass is 432 g/mol. The van der Waals surface area contributed by atoms with E-state index in [0.29, 0.717) is 22.4 Å². The van der Waals surface area contributed by atoms with Crippen molar-refractivity contribution in [3.8, 4) is 11.5 Å². The predicted molar refractivity (Wildman–Crippen MR) is 116 cm³/mol. The van der Waals surface area contributed by atoms with Crippen LogP contribution in [0.2, 0.25) is 0 Å². The molecule has 160 valence electrons. The molecule has 3 aromatic carbocycles. The zero-order valence-electron chi connectivity index (χ0n) is 16.3. The van der Waals surface area contributed by atoms with Gasteiger partial charge in [0.15, 0.2) is 11.6 Å². The summed E-state index contributed by atoms with van der Waals surface area (Å²) in [5.41, 5.74) is 1.23. The highest BCUT2D eigenvalue weighted by atomic mass is 16.4. The zero-order valence-corrected chi connectivity index (χ0v) is 16.3. The van der Waals surface area contributed by atoms with Crippen molar-refractivity contribution in [3.05, 3.63) is 71.8 Å². The topological polar surface area (TPSA) is 165 Å². The second-order valence-electron chi connectivity index (χ2n) is 6.73. The molecule has 10 heteroatoms. The maximum absolute atomic E-state index is 11.3. The lowest BCUT2D eigenvalue weighted by Crippen LogP contribution is -2.05. The van der Waals surface area contributed by atoms with Crippen LogP contribution in [0.5, 0.6) is 11.5 Å². The number of fused-ring (bicyclic) bond motifs is 1. The van der Waals surface area contributed by atoms with Gasteiger partial charge in [-0.05, 0) is 48.5 Å². The quantitative estimate of drug-likeness (QED) is 0.246. The summed E-state index contributed by atoms with van der Waals surface area (Å²) in [5, 5.41) is 43.9. The standard InChI is InChI=1S/C22H16N4O6/c27-17-7-5-11(9-13(17)21(29)30)23-19-20(26-16-4-2-1-3-15(16)25-19)24-12-6-8-18(28)14(10-12)22(31)32/h1-10,27-28H,(H,23,25)(H,24,26)(H,29,30)(H,31,32). The Balaban J connectivity index is 1.78. The van der Waals surface area contributed by atoms with Crippen LogP contribution in [-0.2, 0) is 0 Å². The number of benzene rings is 3. The van der Waals surface area contributed by atoms with E-state index in [2.05, 4.69) is 20.6 Å². The van der Waals surface area contributed by atoms with E-state index in [4.69, 9.17) is 0 Å². The van der Waals surface area contributed by atoms with Gasteiger partial charge in [-0.2, -0.15) is 0 Å². The largest absolute Gasteiger partial charge is 0.507 e. The fourth-order valence-corrected chi connectivity index (χ4v) is 3.02.